The molecule has 0 spiro atoms. The fourth-order valence-corrected chi connectivity index (χ4v) is 2.62. The Hall–Kier alpha value is -3.01. The molecular formula is C17H13N3O. The zero-order chi connectivity index (χ0) is 14.2. The molecule has 3 N–H and O–H groups in total. The van der Waals surface area contributed by atoms with Crippen LogP contribution in [-0.4, -0.2) is 15.9 Å². The molecule has 2 aromatic heterocycles. The summed E-state index contributed by atoms with van der Waals surface area (Å²) in [6.07, 6.45) is 3.56. The molecule has 21 heavy (non-hydrogen) atoms. The summed E-state index contributed by atoms with van der Waals surface area (Å²) in [5.41, 5.74) is 3.41. The molecule has 4 heteroatoms. The van der Waals surface area contributed by atoms with E-state index >= 15 is 0 Å². The maximum absolute atomic E-state index is 12.5. The first-order chi connectivity index (χ1) is 10.3. The van der Waals surface area contributed by atoms with Gasteiger partial charge >= 0.3 is 0 Å². The maximum atomic E-state index is 12.5. The van der Waals surface area contributed by atoms with E-state index in [1.54, 1.807) is 6.20 Å². The van der Waals surface area contributed by atoms with Crippen LogP contribution in [0.5, 0.6) is 0 Å². The first-order valence-electron chi connectivity index (χ1n) is 6.76. The topological polar surface area (TPSA) is 60.7 Å². The quantitative estimate of drug-likeness (QED) is 0.510. The maximum Gasteiger partial charge on any atom is 0.257 e. The molecule has 2 heterocycles. The summed E-state index contributed by atoms with van der Waals surface area (Å²) in [5.74, 6) is -0.114. The van der Waals surface area contributed by atoms with E-state index in [9.17, 15) is 4.79 Å². The van der Waals surface area contributed by atoms with Crippen LogP contribution in [0.4, 0.5) is 5.69 Å². The van der Waals surface area contributed by atoms with Crippen molar-refractivity contribution in [1.82, 2.24) is 9.97 Å². The fraction of sp³-hybridized carbons (Fsp3) is 0. The van der Waals surface area contributed by atoms with Crippen LogP contribution in [0.25, 0.3) is 21.8 Å². The van der Waals surface area contributed by atoms with Gasteiger partial charge in [-0.25, -0.2) is 0 Å². The zero-order valence-corrected chi connectivity index (χ0v) is 11.2. The second-order valence-corrected chi connectivity index (χ2v) is 4.95. The van der Waals surface area contributed by atoms with Crippen LogP contribution in [0.3, 0.4) is 0 Å². The highest BCUT2D eigenvalue weighted by molar-refractivity contribution is 6.15. The number of carbonyl (C=O) groups excluding carboxylic acids is 1. The van der Waals surface area contributed by atoms with E-state index in [4.69, 9.17) is 0 Å². The van der Waals surface area contributed by atoms with E-state index < -0.39 is 0 Å². The van der Waals surface area contributed by atoms with Gasteiger partial charge in [-0.15, -0.1) is 0 Å². The number of para-hydroxylation sites is 2. The molecule has 2 aromatic carbocycles. The molecule has 0 aliphatic carbocycles. The third-order valence-electron chi connectivity index (χ3n) is 3.67. The molecule has 0 atom stereocenters. The lowest BCUT2D eigenvalue weighted by atomic mass is 10.1. The number of fused-ring (bicyclic) bond motifs is 2. The van der Waals surface area contributed by atoms with Crippen molar-refractivity contribution in [2.45, 2.75) is 0 Å². The number of hydrogen-bond acceptors (Lipinski definition) is 1. The summed E-state index contributed by atoms with van der Waals surface area (Å²) in [4.78, 5) is 18.8. The van der Waals surface area contributed by atoms with Gasteiger partial charge in [-0.05, 0) is 12.1 Å². The highest BCUT2D eigenvalue weighted by Gasteiger charge is 2.13. The van der Waals surface area contributed by atoms with Gasteiger partial charge in [0.05, 0.1) is 11.3 Å². The first-order valence-corrected chi connectivity index (χ1v) is 6.76. The van der Waals surface area contributed by atoms with E-state index in [0.29, 0.717) is 5.56 Å². The molecule has 0 bridgehead atoms. The summed E-state index contributed by atoms with van der Waals surface area (Å²) in [6, 6.07) is 15.7. The minimum atomic E-state index is -0.114. The van der Waals surface area contributed by atoms with Crippen LogP contribution in [0.1, 0.15) is 10.4 Å². The number of benzene rings is 2. The predicted molar refractivity (Wildman–Crippen MR) is 84.6 cm³/mol. The van der Waals surface area contributed by atoms with Gasteiger partial charge in [0, 0.05) is 34.2 Å². The standard InChI is InChI=1S/C17H13N3O/c21-17(13-9-18-14-7-3-1-5-11(13)14)20-16-10-19-15-8-4-2-6-12(15)16/h1-10,18-19H,(H,20,21). The summed E-state index contributed by atoms with van der Waals surface area (Å²) in [6.45, 7) is 0. The van der Waals surface area contributed by atoms with Gasteiger partial charge in [-0.3, -0.25) is 4.79 Å². The monoisotopic (exact) mass is 275 g/mol. The van der Waals surface area contributed by atoms with Crippen LogP contribution >= 0.6 is 0 Å². The van der Waals surface area contributed by atoms with Crippen molar-refractivity contribution in [3.8, 4) is 0 Å². The van der Waals surface area contributed by atoms with E-state index in [1.165, 1.54) is 0 Å². The number of aromatic nitrogens is 2. The lowest BCUT2D eigenvalue weighted by molar-refractivity contribution is 0.102. The second kappa shape index (κ2) is 4.52. The number of H-pyrrole nitrogens is 2. The Morgan fingerprint density at radius 1 is 0.810 bits per heavy atom. The molecule has 0 radical (unpaired) electrons. The molecular weight excluding hydrogens is 262 g/mol. The molecule has 102 valence electrons. The number of carbonyl (C=O) groups is 1. The second-order valence-electron chi connectivity index (χ2n) is 4.95. The molecule has 1 amide bonds. The molecule has 0 aliphatic heterocycles. The number of amides is 1. The Labute approximate surface area is 120 Å². The highest BCUT2D eigenvalue weighted by atomic mass is 16.1. The lowest BCUT2D eigenvalue weighted by Crippen LogP contribution is -2.10. The van der Waals surface area contributed by atoms with E-state index in [2.05, 4.69) is 15.3 Å². The van der Waals surface area contributed by atoms with Gasteiger partial charge in [0.1, 0.15) is 0 Å². The van der Waals surface area contributed by atoms with Crippen molar-refractivity contribution < 1.29 is 4.79 Å². The Morgan fingerprint density at radius 2 is 1.43 bits per heavy atom. The Morgan fingerprint density at radius 3 is 2.24 bits per heavy atom. The van der Waals surface area contributed by atoms with Gasteiger partial charge in [-0.2, -0.15) is 0 Å². The van der Waals surface area contributed by atoms with Crippen LogP contribution in [0, 0.1) is 0 Å². The SMILES string of the molecule is O=C(Nc1c[nH]c2ccccc12)c1c[nH]c2ccccc12. The fourth-order valence-electron chi connectivity index (χ4n) is 2.62. The molecule has 0 aliphatic rings. The molecule has 4 rings (SSSR count). The summed E-state index contributed by atoms with van der Waals surface area (Å²) < 4.78 is 0. The average molecular weight is 275 g/mol. The van der Waals surface area contributed by atoms with E-state index in [-0.39, 0.29) is 5.91 Å². The first kappa shape index (κ1) is 11.8. The van der Waals surface area contributed by atoms with Crippen LogP contribution in [-0.2, 0) is 0 Å². The number of nitrogens with one attached hydrogen (secondary N) is 3. The number of hydrogen-bond donors (Lipinski definition) is 3. The zero-order valence-electron chi connectivity index (χ0n) is 11.2. The molecule has 0 unspecified atom stereocenters. The van der Waals surface area contributed by atoms with Crippen molar-refractivity contribution in [2.75, 3.05) is 5.32 Å². The van der Waals surface area contributed by atoms with Crippen molar-refractivity contribution in [1.29, 1.82) is 0 Å². The molecule has 0 saturated heterocycles. The third kappa shape index (κ3) is 1.89. The van der Waals surface area contributed by atoms with Crippen molar-refractivity contribution in [3.63, 3.8) is 0 Å². The smallest absolute Gasteiger partial charge is 0.257 e. The van der Waals surface area contributed by atoms with Gasteiger partial charge in [-0.1, -0.05) is 36.4 Å². The summed E-state index contributed by atoms with van der Waals surface area (Å²) in [7, 11) is 0. The van der Waals surface area contributed by atoms with E-state index in [1.807, 2.05) is 54.7 Å². The van der Waals surface area contributed by atoms with Crippen LogP contribution < -0.4 is 5.32 Å². The van der Waals surface area contributed by atoms with Crippen LogP contribution in [0.2, 0.25) is 0 Å². The van der Waals surface area contributed by atoms with Crippen molar-refractivity contribution >= 4 is 33.4 Å². The Balaban J connectivity index is 1.72. The largest absolute Gasteiger partial charge is 0.360 e. The lowest BCUT2D eigenvalue weighted by Gasteiger charge is -2.02. The molecule has 4 nitrogen and oxygen atoms in total. The average Bonchev–Trinajstić information content (AvgIpc) is 3.12. The van der Waals surface area contributed by atoms with E-state index in [0.717, 1.165) is 27.5 Å². The molecule has 0 saturated carbocycles. The molecule has 0 fully saturated rings. The minimum Gasteiger partial charge on any atom is -0.360 e. The van der Waals surface area contributed by atoms with Crippen LogP contribution in [0.15, 0.2) is 60.9 Å². The molecule has 4 aromatic rings. The number of anilines is 1. The van der Waals surface area contributed by atoms with Gasteiger partial charge < -0.3 is 15.3 Å². The summed E-state index contributed by atoms with van der Waals surface area (Å²) >= 11 is 0. The normalized spacial score (nSPS) is 11.0. The third-order valence-corrected chi connectivity index (χ3v) is 3.67. The van der Waals surface area contributed by atoms with Gasteiger partial charge in [0.25, 0.3) is 5.91 Å². The number of rotatable bonds is 2. The number of aromatic amines is 2. The Bertz CT molecular complexity index is 949. The van der Waals surface area contributed by atoms with Crippen molar-refractivity contribution in [2.24, 2.45) is 0 Å². The van der Waals surface area contributed by atoms with Gasteiger partial charge in [0.2, 0.25) is 0 Å². The summed E-state index contributed by atoms with van der Waals surface area (Å²) in [5, 5.41) is 4.90. The Kier molecular flexibility index (Phi) is 2.54. The predicted octanol–water partition coefficient (Wildman–Crippen LogP) is 3.90. The van der Waals surface area contributed by atoms with Gasteiger partial charge in [0.15, 0.2) is 0 Å². The van der Waals surface area contributed by atoms with Crippen molar-refractivity contribution in [3.05, 3.63) is 66.5 Å². The highest BCUT2D eigenvalue weighted by Crippen LogP contribution is 2.24. The minimum absolute atomic E-state index is 0.114.